The van der Waals surface area contributed by atoms with Gasteiger partial charge in [-0.1, -0.05) is 18.6 Å². The lowest BCUT2D eigenvalue weighted by Gasteiger charge is -2.34. The number of likely N-dealkylation sites (tertiary alicyclic amines) is 1. The lowest BCUT2D eigenvalue weighted by molar-refractivity contribution is -0.126. The van der Waals surface area contributed by atoms with Gasteiger partial charge in [-0.25, -0.2) is 0 Å². The van der Waals surface area contributed by atoms with Crippen LogP contribution >= 0.6 is 0 Å². The van der Waals surface area contributed by atoms with Crippen molar-refractivity contribution in [1.29, 1.82) is 0 Å². The number of allylic oxidation sites excluding steroid dienone is 1. The van der Waals surface area contributed by atoms with Crippen LogP contribution in [0, 0.1) is 5.92 Å². The highest BCUT2D eigenvalue weighted by Crippen LogP contribution is 2.20. The summed E-state index contributed by atoms with van der Waals surface area (Å²) in [5, 5.41) is 3.12. The summed E-state index contributed by atoms with van der Waals surface area (Å²) in [7, 11) is 0. The van der Waals surface area contributed by atoms with Crippen molar-refractivity contribution in [2.24, 2.45) is 5.92 Å². The van der Waals surface area contributed by atoms with Gasteiger partial charge in [-0.3, -0.25) is 9.69 Å². The maximum absolute atomic E-state index is 12.2. The maximum atomic E-state index is 12.2. The van der Waals surface area contributed by atoms with E-state index in [1.807, 2.05) is 6.92 Å². The summed E-state index contributed by atoms with van der Waals surface area (Å²) < 4.78 is 0. The van der Waals surface area contributed by atoms with E-state index in [0.29, 0.717) is 0 Å². The second-order valence-corrected chi connectivity index (χ2v) is 6.54. The summed E-state index contributed by atoms with van der Waals surface area (Å²) in [5.41, 5.74) is 1.54. The normalized spacial score (nSPS) is 23.2. The van der Waals surface area contributed by atoms with Crippen molar-refractivity contribution in [3.63, 3.8) is 0 Å². The lowest BCUT2D eigenvalue weighted by Crippen LogP contribution is -2.48. The van der Waals surface area contributed by atoms with E-state index >= 15 is 0 Å². The highest BCUT2D eigenvalue weighted by Gasteiger charge is 2.24. The van der Waals surface area contributed by atoms with E-state index in [1.165, 1.54) is 44.1 Å². The van der Waals surface area contributed by atoms with Crippen molar-refractivity contribution >= 4 is 5.91 Å². The van der Waals surface area contributed by atoms with Gasteiger partial charge < -0.3 is 5.32 Å². The van der Waals surface area contributed by atoms with Crippen LogP contribution in [0.3, 0.4) is 0 Å². The number of rotatable bonds is 5. The molecule has 1 amide bonds. The summed E-state index contributed by atoms with van der Waals surface area (Å²) in [5.74, 6) is 1.02. The van der Waals surface area contributed by atoms with Crippen LogP contribution in [0.2, 0.25) is 0 Å². The summed E-state index contributed by atoms with van der Waals surface area (Å²) in [6, 6.07) is 0.0304. The third-order valence-corrected chi connectivity index (χ3v) is 4.88. The molecule has 1 aliphatic heterocycles. The minimum atomic E-state index is 0.0304. The molecule has 0 aromatic heterocycles. The monoisotopic (exact) mass is 278 g/mol. The molecule has 0 spiro atoms. The number of nitrogens with one attached hydrogen (secondary N) is 1. The summed E-state index contributed by atoms with van der Waals surface area (Å²) >= 11 is 0. The molecule has 0 aromatic carbocycles. The number of hydrogen-bond acceptors (Lipinski definition) is 2. The zero-order valence-corrected chi connectivity index (χ0v) is 13.2. The molecule has 1 saturated heterocycles. The van der Waals surface area contributed by atoms with Crippen LogP contribution in [-0.4, -0.2) is 36.5 Å². The fourth-order valence-electron chi connectivity index (χ4n) is 3.21. The second-order valence-electron chi connectivity index (χ2n) is 6.54. The third kappa shape index (κ3) is 4.62. The molecule has 0 bridgehead atoms. The van der Waals surface area contributed by atoms with Gasteiger partial charge in [-0.2, -0.15) is 0 Å². The molecule has 0 saturated carbocycles. The lowest BCUT2D eigenvalue weighted by atomic mass is 9.97. The molecule has 1 unspecified atom stereocenters. The van der Waals surface area contributed by atoms with E-state index in [2.05, 4.69) is 23.2 Å². The minimum absolute atomic E-state index is 0.0304. The van der Waals surface area contributed by atoms with Crippen LogP contribution in [0.25, 0.3) is 0 Å². The van der Waals surface area contributed by atoms with Gasteiger partial charge in [0.2, 0.25) is 5.91 Å². The Morgan fingerprint density at radius 2 is 2.15 bits per heavy atom. The van der Waals surface area contributed by atoms with Crippen LogP contribution in [0.1, 0.15) is 58.8 Å². The molecule has 114 valence electrons. The van der Waals surface area contributed by atoms with E-state index in [0.717, 1.165) is 32.0 Å². The predicted molar refractivity (Wildman–Crippen MR) is 83.6 cm³/mol. The summed E-state index contributed by atoms with van der Waals surface area (Å²) in [4.78, 5) is 14.5. The highest BCUT2D eigenvalue weighted by atomic mass is 16.2. The standard InChI is InChI=1S/C17H30N2O/c1-14-9-12-19(13-10-14)15(2)17(20)18-11-8-16-6-4-3-5-7-16/h6,14-15H,3-5,7-13H2,1-2H3,(H,18,20). The highest BCUT2D eigenvalue weighted by molar-refractivity contribution is 5.81. The summed E-state index contributed by atoms with van der Waals surface area (Å²) in [6.07, 6.45) is 11.0. The molecule has 0 aromatic rings. The smallest absolute Gasteiger partial charge is 0.237 e. The SMILES string of the molecule is CC1CCN(C(C)C(=O)NCCC2=CCCCC2)CC1. The molecule has 1 aliphatic carbocycles. The van der Waals surface area contributed by atoms with Crippen molar-refractivity contribution in [2.45, 2.75) is 64.8 Å². The average Bonchev–Trinajstić information content (AvgIpc) is 2.48. The number of hydrogen-bond donors (Lipinski definition) is 1. The number of carbonyl (C=O) groups is 1. The number of amides is 1. The van der Waals surface area contributed by atoms with Gasteiger partial charge in [0.05, 0.1) is 6.04 Å². The topological polar surface area (TPSA) is 32.3 Å². The minimum Gasteiger partial charge on any atom is -0.354 e. The maximum Gasteiger partial charge on any atom is 0.237 e. The fourth-order valence-corrected chi connectivity index (χ4v) is 3.21. The predicted octanol–water partition coefficient (Wildman–Crippen LogP) is 3.11. The molecule has 1 N–H and O–H groups in total. The molecule has 1 fully saturated rings. The molecule has 0 radical (unpaired) electrons. The third-order valence-electron chi connectivity index (χ3n) is 4.88. The van der Waals surface area contributed by atoms with Crippen LogP contribution in [0.15, 0.2) is 11.6 Å². The van der Waals surface area contributed by atoms with Gasteiger partial charge in [0.15, 0.2) is 0 Å². The van der Waals surface area contributed by atoms with E-state index in [4.69, 9.17) is 0 Å². The molecule has 3 heteroatoms. The average molecular weight is 278 g/mol. The van der Waals surface area contributed by atoms with Gasteiger partial charge in [0.25, 0.3) is 0 Å². The molecular weight excluding hydrogens is 248 g/mol. The number of nitrogens with zero attached hydrogens (tertiary/aromatic N) is 1. The first-order chi connectivity index (χ1) is 9.66. The Bertz CT molecular complexity index is 343. The molecule has 3 nitrogen and oxygen atoms in total. The zero-order chi connectivity index (χ0) is 14.4. The van der Waals surface area contributed by atoms with E-state index < -0.39 is 0 Å². The molecule has 2 aliphatic rings. The Kier molecular flexibility index (Phi) is 6.08. The fraction of sp³-hybridized carbons (Fsp3) is 0.824. The first kappa shape index (κ1) is 15.6. The van der Waals surface area contributed by atoms with Crippen molar-refractivity contribution in [3.05, 3.63) is 11.6 Å². The molecule has 20 heavy (non-hydrogen) atoms. The zero-order valence-electron chi connectivity index (χ0n) is 13.2. The summed E-state index contributed by atoms with van der Waals surface area (Å²) in [6.45, 7) is 7.30. The Hall–Kier alpha value is -0.830. The van der Waals surface area contributed by atoms with Crippen LogP contribution in [-0.2, 0) is 4.79 Å². The molecule has 1 heterocycles. The van der Waals surface area contributed by atoms with Crippen LogP contribution < -0.4 is 5.32 Å². The quantitative estimate of drug-likeness (QED) is 0.784. The van der Waals surface area contributed by atoms with Gasteiger partial charge >= 0.3 is 0 Å². The van der Waals surface area contributed by atoms with Crippen LogP contribution in [0.4, 0.5) is 0 Å². The van der Waals surface area contributed by atoms with Crippen molar-refractivity contribution < 1.29 is 4.79 Å². The van der Waals surface area contributed by atoms with Gasteiger partial charge in [0, 0.05) is 6.54 Å². The van der Waals surface area contributed by atoms with Crippen molar-refractivity contribution in [1.82, 2.24) is 10.2 Å². The Morgan fingerprint density at radius 1 is 1.40 bits per heavy atom. The van der Waals surface area contributed by atoms with Crippen molar-refractivity contribution in [2.75, 3.05) is 19.6 Å². The number of carbonyl (C=O) groups excluding carboxylic acids is 1. The Morgan fingerprint density at radius 3 is 2.80 bits per heavy atom. The molecule has 2 rings (SSSR count). The molecule has 1 atom stereocenters. The van der Waals surface area contributed by atoms with Crippen molar-refractivity contribution in [3.8, 4) is 0 Å². The van der Waals surface area contributed by atoms with E-state index in [1.54, 1.807) is 0 Å². The molecular formula is C17H30N2O. The van der Waals surface area contributed by atoms with E-state index in [9.17, 15) is 4.79 Å². The van der Waals surface area contributed by atoms with Crippen LogP contribution in [0.5, 0.6) is 0 Å². The Balaban J connectivity index is 1.67. The number of piperidine rings is 1. The van der Waals surface area contributed by atoms with Gasteiger partial charge in [-0.05, 0) is 70.9 Å². The van der Waals surface area contributed by atoms with E-state index in [-0.39, 0.29) is 11.9 Å². The van der Waals surface area contributed by atoms with Gasteiger partial charge in [-0.15, -0.1) is 0 Å². The van der Waals surface area contributed by atoms with Gasteiger partial charge in [0.1, 0.15) is 0 Å². The first-order valence-corrected chi connectivity index (χ1v) is 8.36. The first-order valence-electron chi connectivity index (χ1n) is 8.36. The largest absolute Gasteiger partial charge is 0.354 e. The second kappa shape index (κ2) is 7.82. The Labute approximate surface area is 123 Å².